The first-order valence-corrected chi connectivity index (χ1v) is 10.1. The quantitative estimate of drug-likeness (QED) is 0.428. The van der Waals surface area contributed by atoms with Crippen molar-refractivity contribution in [3.05, 3.63) is 64.0 Å². The third-order valence-electron chi connectivity index (χ3n) is 4.97. The number of hydrogen-bond acceptors (Lipinski definition) is 5. The van der Waals surface area contributed by atoms with Crippen molar-refractivity contribution < 1.29 is 13.9 Å². The van der Waals surface area contributed by atoms with Crippen LogP contribution in [0.4, 0.5) is 0 Å². The van der Waals surface area contributed by atoms with E-state index in [2.05, 4.69) is 26.0 Å². The molecule has 0 N–H and O–H groups in total. The summed E-state index contributed by atoms with van der Waals surface area (Å²) in [5.74, 6) is 1.20. The Kier molecular flexibility index (Phi) is 5.34. The highest BCUT2D eigenvalue weighted by Crippen LogP contribution is 2.29. The molecule has 1 amide bonds. The molecule has 30 heavy (non-hydrogen) atoms. The summed E-state index contributed by atoms with van der Waals surface area (Å²) in [4.78, 5) is 19.8. The molecule has 0 aliphatic rings. The highest BCUT2D eigenvalue weighted by atomic mass is 79.9. The van der Waals surface area contributed by atoms with Crippen molar-refractivity contribution in [1.29, 1.82) is 0 Å². The Balaban J connectivity index is 1.78. The average Bonchev–Trinajstić information content (AvgIpc) is 3.36. The molecule has 3 heterocycles. The van der Waals surface area contributed by atoms with Crippen LogP contribution in [0.5, 0.6) is 5.75 Å². The van der Waals surface area contributed by atoms with Crippen LogP contribution in [0.1, 0.15) is 21.6 Å². The van der Waals surface area contributed by atoms with E-state index in [4.69, 9.17) is 9.15 Å². The Bertz CT molecular complexity index is 1230. The second-order valence-electron chi connectivity index (χ2n) is 7.06. The Morgan fingerprint density at radius 3 is 2.80 bits per heavy atom. The van der Waals surface area contributed by atoms with E-state index in [-0.39, 0.29) is 5.91 Å². The van der Waals surface area contributed by atoms with Crippen LogP contribution >= 0.6 is 15.9 Å². The normalized spacial score (nSPS) is 11.1. The number of halogens is 1. The summed E-state index contributed by atoms with van der Waals surface area (Å²) in [6.45, 7) is 2.27. The van der Waals surface area contributed by atoms with Gasteiger partial charge in [0.25, 0.3) is 5.91 Å². The number of carbonyl (C=O) groups excluding carboxylic acids is 1. The van der Waals surface area contributed by atoms with E-state index >= 15 is 0 Å². The van der Waals surface area contributed by atoms with Gasteiger partial charge in [0.15, 0.2) is 11.4 Å². The number of rotatable bonds is 5. The fourth-order valence-corrected chi connectivity index (χ4v) is 3.98. The van der Waals surface area contributed by atoms with E-state index in [1.165, 1.54) is 0 Å². The number of amides is 1. The second kappa shape index (κ2) is 7.95. The lowest BCUT2D eigenvalue weighted by Crippen LogP contribution is -2.27. The van der Waals surface area contributed by atoms with E-state index in [0.717, 1.165) is 26.9 Å². The monoisotopic (exact) mass is 468 g/mol. The maximum absolute atomic E-state index is 13.5. The molecule has 0 aliphatic carbocycles. The van der Waals surface area contributed by atoms with Crippen LogP contribution in [0.3, 0.4) is 0 Å². The maximum atomic E-state index is 13.5. The number of aromatic nitrogens is 3. The molecule has 0 saturated carbocycles. The molecule has 0 unspecified atom stereocenters. The van der Waals surface area contributed by atoms with Crippen molar-refractivity contribution in [2.75, 3.05) is 14.2 Å². The van der Waals surface area contributed by atoms with Crippen molar-refractivity contribution in [3.8, 4) is 17.2 Å². The Labute approximate surface area is 182 Å². The Morgan fingerprint density at radius 2 is 2.10 bits per heavy atom. The summed E-state index contributed by atoms with van der Waals surface area (Å²) in [5, 5.41) is 5.21. The first kappa shape index (κ1) is 20.2. The number of furan rings is 1. The molecule has 0 radical (unpaired) electrons. The fraction of sp³-hybridized carbons (Fsp3) is 0.227. The number of aryl methyl sites for hydroxylation is 2. The van der Waals surface area contributed by atoms with Gasteiger partial charge in [0.1, 0.15) is 11.4 Å². The van der Waals surface area contributed by atoms with Crippen molar-refractivity contribution >= 4 is 32.9 Å². The van der Waals surface area contributed by atoms with Gasteiger partial charge in [-0.3, -0.25) is 9.48 Å². The number of carbonyl (C=O) groups is 1. The minimum Gasteiger partial charge on any atom is -0.496 e. The molecule has 0 atom stereocenters. The lowest BCUT2D eigenvalue weighted by atomic mass is 10.1. The van der Waals surface area contributed by atoms with Crippen LogP contribution in [0.2, 0.25) is 0 Å². The molecule has 4 rings (SSSR count). The van der Waals surface area contributed by atoms with Gasteiger partial charge in [0.2, 0.25) is 0 Å². The standard InChI is InChI=1S/C22H21BrN4O3/c1-13-20-16(11-17(19-6-5-9-30-19)24-21(20)27(3)25-13)22(28)26(2)12-14-10-15(23)7-8-18(14)29-4/h5-11H,12H2,1-4H3. The van der Waals surface area contributed by atoms with Gasteiger partial charge in [-0.05, 0) is 43.3 Å². The summed E-state index contributed by atoms with van der Waals surface area (Å²) >= 11 is 3.49. The third-order valence-corrected chi connectivity index (χ3v) is 5.46. The summed E-state index contributed by atoms with van der Waals surface area (Å²) in [6, 6.07) is 11.1. The number of hydrogen-bond donors (Lipinski definition) is 0. The molecule has 3 aromatic heterocycles. The Hall–Kier alpha value is -3.13. The molecular formula is C22H21BrN4O3. The lowest BCUT2D eigenvalue weighted by molar-refractivity contribution is 0.0786. The van der Waals surface area contributed by atoms with E-state index in [1.807, 2.05) is 38.2 Å². The fourth-order valence-electron chi connectivity index (χ4n) is 3.57. The van der Waals surface area contributed by atoms with Crippen molar-refractivity contribution in [3.63, 3.8) is 0 Å². The molecular weight excluding hydrogens is 448 g/mol. The highest BCUT2D eigenvalue weighted by Gasteiger charge is 2.23. The molecule has 8 heteroatoms. The second-order valence-corrected chi connectivity index (χ2v) is 7.97. The number of nitrogens with zero attached hydrogens (tertiary/aromatic N) is 4. The van der Waals surface area contributed by atoms with E-state index in [1.54, 1.807) is 42.1 Å². The third kappa shape index (κ3) is 3.59. The van der Waals surface area contributed by atoms with E-state index < -0.39 is 0 Å². The van der Waals surface area contributed by atoms with Gasteiger partial charge in [-0.25, -0.2) is 4.98 Å². The zero-order valence-electron chi connectivity index (χ0n) is 17.1. The van der Waals surface area contributed by atoms with Crippen LogP contribution < -0.4 is 4.74 Å². The predicted octanol–water partition coefficient (Wildman–Crippen LogP) is 4.58. The first-order chi connectivity index (χ1) is 14.4. The molecule has 0 aliphatic heterocycles. The van der Waals surface area contributed by atoms with E-state index in [0.29, 0.717) is 29.2 Å². The minimum absolute atomic E-state index is 0.131. The van der Waals surface area contributed by atoms with Crippen LogP contribution in [-0.2, 0) is 13.6 Å². The Morgan fingerprint density at radius 1 is 1.30 bits per heavy atom. The highest BCUT2D eigenvalue weighted by molar-refractivity contribution is 9.10. The number of ether oxygens (including phenoxy) is 1. The molecule has 154 valence electrons. The number of fused-ring (bicyclic) bond motifs is 1. The molecule has 0 bridgehead atoms. The molecule has 0 saturated heterocycles. The van der Waals surface area contributed by atoms with Gasteiger partial charge in [0, 0.05) is 30.7 Å². The van der Waals surface area contributed by atoms with Gasteiger partial charge in [-0.2, -0.15) is 5.10 Å². The van der Waals surface area contributed by atoms with Crippen molar-refractivity contribution in [1.82, 2.24) is 19.7 Å². The minimum atomic E-state index is -0.131. The van der Waals surface area contributed by atoms with Gasteiger partial charge >= 0.3 is 0 Å². The van der Waals surface area contributed by atoms with Gasteiger partial charge in [-0.15, -0.1) is 0 Å². The lowest BCUT2D eigenvalue weighted by Gasteiger charge is -2.20. The molecule has 0 spiro atoms. The molecule has 1 aromatic carbocycles. The van der Waals surface area contributed by atoms with Crippen LogP contribution in [-0.4, -0.2) is 39.7 Å². The summed E-state index contributed by atoms with van der Waals surface area (Å²) in [7, 11) is 5.21. The molecule has 4 aromatic rings. The zero-order valence-corrected chi connectivity index (χ0v) is 18.7. The van der Waals surface area contributed by atoms with E-state index in [9.17, 15) is 4.79 Å². The van der Waals surface area contributed by atoms with Crippen LogP contribution in [0, 0.1) is 6.92 Å². The predicted molar refractivity (Wildman–Crippen MR) is 117 cm³/mol. The largest absolute Gasteiger partial charge is 0.496 e. The van der Waals surface area contributed by atoms with Crippen molar-refractivity contribution in [2.24, 2.45) is 7.05 Å². The topological polar surface area (TPSA) is 73.4 Å². The number of pyridine rings is 1. The number of benzene rings is 1. The molecule has 7 nitrogen and oxygen atoms in total. The maximum Gasteiger partial charge on any atom is 0.254 e. The molecule has 0 fully saturated rings. The first-order valence-electron chi connectivity index (χ1n) is 9.35. The van der Waals surface area contributed by atoms with Gasteiger partial charge in [0.05, 0.1) is 30.0 Å². The number of methoxy groups -OCH3 is 1. The zero-order chi connectivity index (χ0) is 21.4. The smallest absolute Gasteiger partial charge is 0.254 e. The summed E-state index contributed by atoms with van der Waals surface area (Å²) < 4.78 is 13.6. The van der Waals surface area contributed by atoms with Crippen molar-refractivity contribution in [2.45, 2.75) is 13.5 Å². The van der Waals surface area contributed by atoms with Gasteiger partial charge in [-0.1, -0.05) is 15.9 Å². The van der Waals surface area contributed by atoms with Crippen LogP contribution in [0.15, 0.2) is 51.6 Å². The SMILES string of the molecule is COc1ccc(Br)cc1CN(C)C(=O)c1cc(-c2ccco2)nc2c1c(C)nn2C. The summed E-state index contributed by atoms with van der Waals surface area (Å²) in [6.07, 6.45) is 1.59. The van der Waals surface area contributed by atoms with Crippen LogP contribution in [0.25, 0.3) is 22.5 Å². The van der Waals surface area contributed by atoms with Gasteiger partial charge < -0.3 is 14.1 Å². The summed E-state index contributed by atoms with van der Waals surface area (Å²) in [5.41, 5.74) is 3.42. The average molecular weight is 469 g/mol.